The number of nitrogens with zero attached hydrogens (tertiary/aromatic N) is 2. The minimum atomic E-state index is -5.15. The van der Waals surface area contributed by atoms with E-state index in [9.17, 15) is 22.4 Å². The molecule has 0 saturated carbocycles. The monoisotopic (exact) mass is 490 g/mol. The van der Waals surface area contributed by atoms with Crippen LogP contribution in [-0.4, -0.2) is 38.0 Å². The second kappa shape index (κ2) is 11.0. The summed E-state index contributed by atoms with van der Waals surface area (Å²) in [6.07, 6.45) is -5.15. The van der Waals surface area contributed by atoms with Crippen LogP contribution in [0.5, 0.6) is 5.75 Å². The van der Waals surface area contributed by atoms with Gasteiger partial charge < -0.3 is 19.1 Å². The number of alkyl halides is 3. The second-order valence-electron chi connectivity index (χ2n) is 6.45. The number of carbonyl (C=O) groups excluding carboxylic acids is 1. The molecule has 178 valence electrons. The first-order valence-corrected chi connectivity index (χ1v) is 9.57. The van der Waals surface area contributed by atoms with Gasteiger partial charge in [0.15, 0.2) is 17.3 Å². The van der Waals surface area contributed by atoms with Crippen LogP contribution in [0.15, 0.2) is 40.6 Å². The van der Waals surface area contributed by atoms with Crippen LogP contribution in [0.2, 0.25) is 5.02 Å². The number of halogens is 5. The van der Waals surface area contributed by atoms with E-state index in [1.807, 2.05) is 0 Å². The summed E-state index contributed by atoms with van der Waals surface area (Å²) >= 11 is 5.97. The van der Waals surface area contributed by atoms with Crippen molar-refractivity contribution < 1.29 is 41.5 Å². The minimum absolute atomic E-state index is 0.128. The van der Waals surface area contributed by atoms with Crippen LogP contribution < -0.4 is 4.74 Å². The van der Waals surface area contributed by atoms with Crippen molar-refractivity contribution in [2.24, 2.45) is 10.3 Å². The summed E-state index contributed by atoms with van der Waals surface area (Å²) in [6.45, 7) is 2.79. The van der Waals surface area contributed by atoms with E-state index in [-0.39, 0.29) is 23.1 Å². The first kappa shape index (κ1) is 25.9. The van der Waals surface area contributed by atoms with E-state index >= 15 is 0 Å². The van der Waals surface area contributed by atoms with Gasteiger partial charge in [-0.1, -0.05) is 40.1 Å². The lowest BCUT2D eigenvalue weighted by Crippen LogP contribution is -2.20. The van der Waals surface area contributed by atoms with Crippen LogP contribution in [0, 0.1) is 12.7 Å². The third-order valence-corrected chi connectivity index (χ3v) is 4.59. The number of hydrogen-bond donors (Lipinski definition) is 0. The lowest BCUT2D eigenvalue weighted by atomic mass is 9.99. The summed E-state index contributed by atoms with van der Waals surface area (Å²) in [7, 11) is 2.43. The van der Waals surface area contributed by atoms with Gasteiger partial charge in [-0.25, -0.2) is 9.18 Å². The molecule has 0 aromatic heterocycles. The molecular weight excluding hydrogens is 472 g/mol. The molecule has 0 atom stereocenters. The van der Waals surface area contributed by atoms with Crippen LogP contribution >= 0.6 is 11.6 Å². The number of carbonyl (C=O) groups is 1. The van der Waals surface area contributed by atoms with E-state index in [4.69, 9.17) is 26.0 Å². The molecule has 0 fully saturated rings. The van der Waals surface area contributed by atoms with Gasteiger partial charge in [0.1, 0.15) is 13.7 Å². The molecule has 2 aromatic rings. The Bertz CT molecular complexity index is 1090. The molecule has 12 heteroatoms. The molecular formula is C21H19ClF4N2O5. The summed E-state index contributed by atoms with van der Waals surface area (Å²) < 4.78 is 60.7. The number of methoxy groups -OCH3 is 1. The maximum Gasteiger partial charge on any atom is 0.573 e. The van der Waals surface area contributed by atoms with Crippen molar-refractivity contribution >= 4 is 29.0 Å². The molecule has 33 heavy (non-hydrogen) atoms. The van der Waals surface area contributed by atoms with Gasteiger partial charge in [-0.15, -0.1) is 13.2 Å². The smallest absolute Gasteiger partial charge is 0.464 e. The number of ether oxygens (including phenoxy) is 2. The van der Waals surface area contributed by atoms with Gasteiger partial charge in [-0.3, -0.25) is 0 Å². The fraction of sp³-hybridized carbons (Fsp3) is 0.286. The van der Waals surface area contributed by atoms with E-state index in [2.05, 4.69) is 15.0 Å². The number of hydrogen-bond acceptors (Lipinski definition) is 7. The molecule has 0 unspecified atom stereocenters. The first-order chi connectivity index (χ1) is 15.5. The van der Waals surface area contributed by atoms with Crippen molar-refractivity contribution in [1.29, 1.82) is 0 Å². The van der Waals surface area contributed by atoms with Gasteiger partial charge in [0.25, 0.3) is 0 Å². The van der Waals surface area contributed by atoms with Crippen LogP contribution in [-0.2, 0) is 25.8 Å². The number of esters is 1. The van der Waals surface area contributed by atoms with Gasteiger partial charge in [0.05, 0.1) is 23.4 Å². The van der Waals surface area contributed by atoms with Gasteiger partial charge in [-0.05, 0) is 31.5 Å². The van der Waals surface area contributed by atoms with Crippen molar-refractivity contribution in [3.8, 4) is 5.75 Å². The number of rotatable bonds is 8. The third kappa shape index (κ3) is 6.58. The maximum absolute atomic E-state index is 14.0. The molecule has 0 radical (unpaired) electrons. The average Bonchev–Trinajstić information content (AvgIpc) is 2.74. The van der Waals surface area contributed by atoms with Crippen LogP contribution in [0.3, 0.4) is 0 Å². The SMILES string of the molecule is CO/N=C(/C(=O)OC)c1cccc(C)c1CO/N=C(\C)c1c(Cl)ccc(F)c1OC(F)(F)F. The largest absolute Gasteiger partial charge is 0.573 e. The van der Waals surface area contributed by atoms with Gasteiger partial charge in [0.2, 0.25) is 0 Å². The highest BCUT2D eigenvalue weighted by Gasteiger charge is 2.34. The number of oxime groups is 2. The van der Waals surface area contributed by atoms with Crippen molar-refractivity contribution in [3.63, 3.8) is 0 Å². The highest BCUT2D eigenvalue weighted by molar-refractivity contribution is 6.43. The molecule has 0 saturated heterocycles. The standard InChI is InChI=1S/C21H19ClF4N2O5/c1-11-6-5-7-13(18(28-31-4)20(29)30-3)14(11)10-32-27-12(2)17-15(22)8-9-16(23)19(17)33-21(24,25)26/h5-9H,10H2,1-4H3/b27-12+,28-18+. The van der Waals surface area contributed by atoms with E-state index in [0.29, 0.717) is 16.7 Å². The molecule has 0 amide bonds. The Balaban J connectivity index is 2.40. The van der Waals surface area contributed by atoms with E-state index in [1.54, 1.807) is 25.1 Å². The van der Waals surface area contributed by atoms with Crippen molar-refractivity contribution in [2.75, 3.05) is 14.2 Å². The van der Waals surface area contributed by atoms with Crippen LogP contribution in [0.1, 0.15) is 29.2 Å². The molecule has 0 aliphatic rings. The third-order valence-electron chi connectivity index (χ3n) is 4.28. The minimum Gasteiger partial charge on any atom is -0.464 e. The normalized spacial score (nSPS) is 12.4. The number of benzene rings is 2. The fourth-order valence-corrected chi connectivity index (χ4v) is 3.11. The van der Waals surface area contributed by atoms with Crippen molar-refractivity contribution in [2.45, 2.75) is 26.8 Å². The summed E-state index contributed by atoms with van der Waals surface area (Å²) in [5.41, 5.74) is 0.784. The summed E-state index contributed by atoms with van der Waals surface area (Å²) in [5, 5.41) is 7.23. The van der Waals surface area contributed by atoms with E-state index < -0.39 is 29.5 Å². The lowest BCUT2D eigenvalue weighted by Gasteiger charge is -2.15. The van der Waals surface area contributed by atoms with E-state index in [1.165, 1.54) is 21.1 Å². The average molecular weight is 491 g/mol. The Hall–Kier alpha value is -3.34. The Labute approximate surface area is 191 Å². The molecule has 2 rings (SSSR count). The van der Waals surface area contributed by atoms with Crippen molar-refractivity contribution in [3.05, 3.63) is 63.4 Å². The topological polar surface area (TPSA) is 78.7 Å². The number of aryl methyl sites for hydroxylation is 1. The van der Waals surface area contributed by atoms with Gasteiger partial charge >= 0.3 is 12.3 Å². The second-order valence-corrected chi connectivity index (χ2v) is 6.85. The molecule has 0 N–H and O–H groups in total. The molecule has 0 bridgehead atoms. The zero-order valence-corrected chi connectivity index (χ0v) is 18.7. The molecule has 2 aromatic carbocycles. The van der Waals surface area contributed by atoms with E-state index in [0.717, 1.165) is 12.1 Å². The summed E-state index contributed by atoms with van der Waals surface area (Å²) in [4.78, 5) is 22.1. The predicted octanol–water partition coefficient (Wildman–Crippen LogP) is 5.15. The van der Waals surface area contributed by atoms with Crippen molar-refractivity contribution in [1.82, 2.24) is 0 Å². The Morgan fingerprint density at radius 3 is 2.42 bits per heavy atom. The van der Waals surface area contributed by atoms with Crippen LogP contribution in [0.25, 0.3) is 0 Å². The zero-order valence-electron chi connectivity index (χ0n) is 17.9. The highest BCUT2D eigenvalue weighted by atomic mass is 35.5. The van der Waals surface area contributed by atoms with Gasteiger partial charge in [0, 0.05) is 11.1 Å². The molecule has 0 heterocycles. The highest BCUT2D eigenvalue weighted by Crippen LogP contribution is 2.34. The molecule has 0 aliphatic heterocycles. The quantitative estimate of drug-likeness (QED) is 0.221. The zero-order chi connectivity index (χ0) is 24.8. The summed E-state index contributed by atoms with van der Waals surface area (Å²) in [6, 6.07) is 6.79. The predicted molar refractivity (Wildman–Crippen MR) is 112 cm³/mol. The first-order valence-electron chi connectivity index (χ1n) is 9.19. The molecule has 0 aliphatic carbocycles. The maximum atomic E-state index is 14.0. The summed E-state index contributed by atoms with van der Waals surface area (Å²) in [5.74, 6) is -3.17. The Morgan fingerprint density at radius 2 is 1.82 bits per heavy atom. The van der Waals surface area contributed by atoms with Gasteiger partial charge in [-0.2, -0.15) is 0 Å². The Kier molecular flexibility index (Phi) is 8.63. The lowest BCUT2D eigenvalue weighted by molar-refractivity contribution is -0.275. The Morgan fingerprint density at radius 1 is 1.12 bits per heavy atom. The molecule has 7 nitrogen and oxygen atoms in total. The molecule has 0 spiro atoms. The van der Waals surface area contributed by atoms with Crippen LogP contribution in [0.4, 0.5) is 17.6 Å². The fourth-order valence-electron chi connectivity index (χ4n) is 2.83.